The van der Waals surface area contributed by atoms with Crippen molar-refractivity contribution < 1.29 is 13.0 Å². The zero-order valence-corrected chi connectivity index (χ0v) is 15.4. The Morgan fingerprint density at radius 2 is 1.44 bits per heavy atom. The minimum Gasteiger partial charge on any atom is -0.302 e. The van der Waals surface area contributed by atoms with Crippen molar-refractivity contribution >= 4 is 22.3 Å². The first-order valence-electron chi connectivity index (χ1n) is 8.67. The molecule has 3 aromatic carbocycles. The van der Waals surface area contributed by atoms with E-state index in [2.05, 4.69) is 53.8 Å². The van der Waals surface area contributed by atoms with Gasteiger partial charge in [0.15, 0.2) is 0 Å². The maximum Gasteiger partial charge on any atom is 0.294 e. The quantitative estimate of drug-likeness (QED) is 0.526. The number of fused-ring (bicyclic) bond motifs is 1. The average molecular weight is 377 g/mol. The van der Waals surface area contributed by atoms with Gasteiger partial charge >= 0.3 is 0 Å². The monoisotopic (exact) mass is 377 g/mol. The van der Waals surface area contributed by atoms with E-state index in [1.807, 2.05) is 12.2 Å². The Labute approximate surface area is 158 Å². The summed E-state index contributed by atoms with van der Waals surface area (Å²) in [5, 5.41) is 3.55. The fourth-order valence-corrected chi connectivity index (χ4v) is 3.82. The predicted octanol–water partition coefficient (Wildman–Crippen LogP) is 4.30. The highest BCUT2D eigenvalue weighted by atomic mass is 32.2. The molecule has 0 bridgehead atoms. The highest BCUT2D eigenvalue weighted by Gasteiger charge is 2.22. The molecule has 0 radical (unpaired) electrons. The normalized spacial score (nSPS) is 16.6. The van der Waals surface area contributed by atoms with Crippen LogP contribution in [-0.4, -0.2) is 13.0 Å². The second-order valence-electron chi connectivity index (χ2n) is 6.56. The van der Waals surface area contributed by atoms with Crippen LogP contribution in [0.5, 0.6) is 0 Å². The van der Waals surface area contributed by atoms with Gasteiger partial charge in [0.2, 0.25) is 0 Å². The molecule has 0 spiro atoms. The lowest BCUT2D eigenvalue weighted by Crippen LogP contribution is -2.13. The molecule has 3 aromatic rings. The first-order chi connectivity index (χ1) is 13.0. The average Bonchev–Trinajstić information content (AvgIpc) is 3.11. The van der Waals surface area contributed by atoms with E-state index in [0.717, 1.165) is 17.7 Å². The van der Waals surface area contributed by atoms with Crippen molar-refractivity contribution in [3.05, 3.63) is 101 Å². The molecule has 0 saturated heterocycles. The van der Waals surface area contributed by atoms with Crippen molar-refractivity contribution in [2.24, 2.45) is 0 Å². The summed E-state index contributed by atoms with van der Waals surface area (Å²) in [5.41, 5.74) is 5.83. The van der Waals surface area contributed by atoms with Crippen molar-refractivity contribution in [2.45, 2.75) is 17.5 Å². The third kappa shape index (κ3) is 3.85. The van der Waals surface area contributed by atoms with E-state index in [1.54, 1.807) is 12.1 Å². The van der Waals surface area contributed by atoms with Gasteiger partial charge in [-0.2, -0.15) is 8.42 Å². The van der Waals surface area contributed by atoms with Gasteiger partial charge in [0.25, 0.3) is 10.1 Å². The van der Waals surface area contributed by atoms with Gasteiger partial charge < -0.3 is 5.32 Å². The zero-order chi connectivity index (χ0) is 18.9. The fourth-order valence-electron chi connectivity index (χ4n) is 3.34. The fraction of sp³-hybridized carbons (Fsp3) is 0.0909. The SMILES string of the molecule is O=S(=O)(O)c1ccc(C=Cc2ccc(C3NCc4ccccc43)cc2)cc1. The molecule has 4 rings (SSSR count). The summed E-state index contributed by atoms with van der Waals surface area (Å²) in [6.45, 7) is 0.891. The minimum atomic E-state index is -4.15. The molecule has 136 valence electrons. The molecule has 1 aliphatic rings. The van der Waals surface area contributed by atoms with Crippen LogP contribution in [0.4, 0.5) is 0 Å². The third-order valence-corrected chi connectivity index (χ3v) is 5.65. The smallest absolute Gasteiger partial charge is 0.294 e. The molecule has 0 aromatic heterocycles. The van der Waals surface area contributed by atoms with E-state index in [0.29, 0.717) is 0 Å². The summed E-state index contributed by atoms with van der Waals surface area (Å²) >= 11 is 0. The summed E-state index contributed by atoms with van der Waals surface area (Å²) in [5.74, 6) is 0. The number of hydrogen-bond acceptors (Lipinski definition) is 3. The van der Waals surface area contributed by atoms with Crippen LogP contribution in [0.2, 0.25) is 0 Å². The van der Waals surface area contributed by atoms with E-state index in [-0.39, 0.29) is 10.9 Å². The van der Waals surface area contributed by atoms with Crippen LogP contribution in [0, 0.1) is 0 Å². The van der Waals surface area contributed by atoms with Gasteiger partial charge in [0, 0.05) is 6.54 Å². The van der Waals surface area contributed by atoms with Gasteiger partial charge in [-0.15, -0.1) is 0 Å². The standard InChI is InChI=1S/C22H19NO3S/c24-27(25,26)20-13-9-17(10-14-20)6-5-16-7-11-18(12-8-16)22-21-4-2-1-3-19(21)15-23-22/h1-14,22-23H,15H2,(H,24,25,26). The van der Waals surface area contributed by atoms with Gasteiger partial charge in [0.05, 0.1) is 10.9 Å². The van der Waals surface area contributed by atoms with Crippen molar-refractivity contribution in [1.29, 1.82) is 0 Å². The maximum atomic E-state index is 11.1. The highest BCUT2D eigenvalue weighted by molar-refractivity contribution is 7.85. The molecule has 2 N–H and O–H groups in total. The Kier molecular flexibility index (Phi) is 4.66. The van der Waals surface area contributed by atoms with Crippen LogP contribution in [0.25, 0.3) is 12.2 Å². The molecule has 0 saturated carbocycles. The largest absolute Gasteiger partial charge is 0.302 e. The molecule has 1 heterocycles. The van der Waals surface area contributed by atoms with Crippen molar-refractivity contribution in [1.82, 2.24) is 5.32 Å². The highest BCUT2D eigenvalue weighted by Crippen LogP contribution is 2.30. The van der Waals surface area contributed by atoms with Crippen LogP contribution in [-0.2, 0) is 16.7 Å². The van der Waals surface area contributed by atoms with Gasteiger partial charge in [0.1, 0.15) is 0 Å². The van der Waals surface area contributed by atoms with Crippen molar-refractivity contribution in [3.63, 3.8) is 0 Å². The first-order valence-corrected chi connectivity index (χ1v) is 10.1. The van der Waals surface area contributed by atoms with Gasteiger partial charge in [-0.05, 0) is 39.9 Å². The summed E-state index contributed by atoms with van der Waals surface area (Å²) in [6.07, 6.45) is 3.88. The number of nitrogens with one attached hydrogen (secondary N) is 1. The summed E-state index contributed by atoms with van der Waals surface area (Å²) in [6, 6.07) is 23.2. The molecular formula is C22H19NO3S. The summed E-state index contributed by atoms with van der Waals surface area (Å²) in [4.78, 5) is -0.103. The number of hydrogen-bond donors (Lipinski definition) is 2. The second-order valence-corrected chi connectivity index (χ2v) is 7.98. The predicted molar refractivity (Wildman–Crippen MR) is 107 cm³/mol. The lowest BCUT2D eigenvalue weighted by atomic mass is 9.97. The van der Waals surface area contributed by atoms with Gasteiger partial charge in [-0.25, -0.2) is 0 Å². The van der Waals surface area contributed by atoms with E-state index < -0.39 is 10.1 Å². The maximum absolute atomic E-state index is 11.1. The van der Waals surface area contributed by atoms with E-state index >= 15 is 0 Å². The summed E-state index contributed by atoms with van der Waals surface area (Å²) < 4.78 is 31.2. The summed E-state index contributed by atoms with van der Waals surface area (Å²) in [7, 11) is -4.15. The number of rotatable bonds is 4. The lowest BCUT2D eigenvalue weighted by Gasteiger charge is -2.12. The Bertz CT molecular complexity index is 1090. The van der Waals surface area contributed by atoms with Crippen molar-refractivity contribution in [2.75, 3.05) is 0 Å². The Morgan fingerprint density at radius 3 is 2.07 bits per heavy atom. The van der Waals surface area contributed by atoms with E-state index in [1.165, 1.54) is 28.8 Å². The second kappa shape index (κ2) is 7.12. The molecule has 1 unspecified atom stereocenters. The third-order valence-electron chi connectivity index (χ3n) is 4.78. The molecule has 0 aliphatic carbocycles. The first kappa shape index (κ1) is 17.7. The Balaban J connectivity index is 1.49. The van der Waals surface area contributed by atoms with Crippen LogP contribution in [0.3, 0.4) is 0 Å². The van der Waals surface area contributed by atoms with Crippen LogP contribution >= 0.6 is 0 Å². The lowest BCUT2D eigenvalue weighted by molar-refractivity contribution is 0.483. The van der Waals surface area contributed by atoms with Crippen LogP contribution in [0.15, 0.2) is 77.7 Å². The molecule has 1 atom stereocenters. The minimum absolute atomic E-state index is 0.103. The van der Waals surface area contributed by atoms with Crippen molar-refractivity contribution in [3.8, 4) is 0 Å². The topological polar surface area (TPSA) is 66.4 Å². The molecule has 0 amide bonds. The van der Waals surface area contributed by atoms with Crippen LogP contribution < -0.4 is 5.32 Å². The van der Waals surface area contributed by atoms with Gasteiger partial charge in [-0.3, -0.25) is 4.55 Å². The molecule has 4 nitrogen and oxygen atoms in total. The Hall–Kier alpha value is -2.73. The molecule has 1 aliphatic heterocycles. The molecule has 5 heteroatoms. The number of benzene rings is 3. The van der Waals surface area contributed by atoms with Crippen LogP contribution in [0.1, 0.15) is 33.9 Å². The molecule has 0 fully saturated rings. The van der Waals surface area contributed by atoms with E-state index in [4.69, 9.17) is 4.55 Å². The van der Waals surface area contributed by atoms with E-state index in [9.17, 15) is 8.42 Å². The molecular weight excluding hydrogens is 358 g/mol. The Morgan fingerprint density at radius 1 is 0.852 bits per heavy atom. The molecule has 27 heavy (non-hydrogen) atoms. The zero-order valence-electron chi connectivity index (χ0n) is 14.5. The van der Waals surface area contributed by atoms with Gasteiger partial charge in [-0.1, -0.05) is 72.8 Å².